The van der Waals surface area contributed by atoms with Crippen LogP contribution in [0.1, 0.15) is 50.5 Å². The van der Waals surface area contributed by atoms with Crippen LogP contribution in [0.4, 0.5) is 4.79 Å². The third-order valence-electron chi connectivity index (χ3n) is 5.31. The maximum absolute atomic E-state index is 12.8. The van der Waals surface area contributed by atoms with Crippen LogP contribution in [0.5, 0.6) is 0 Å². The van der Waals surface area contributed by atoms with Crippen molar-refractivity contribution in [3.63, 3.8) is 0 Å². The van der Waals surface area contributed by atoms with Gasteiger partial charge >= 0.3 is 6.03 Å². The molecule has 140 valence electrons. The van der Waals surface area contributed by atoms with Crippen LogP contribution in [0.2, 0.25) is 0 Å². The van der Waals surface area contributed by atoms with Gasteiger partial charge in [-0.15, -0.1) is 0 Å². The average Bonchev–Trinajstić information content (AvgIpc) is 2.82. The lowest BCUT2D eigenvalue weighted by Gasteiger charge is -2.24. The number of aryl methyl sites for hydroxylation is 1. The number of rotatable bonds is 6. The summed E-state index contributed by atoms with van der Waals surface area (Å²) < 4.78 is 0. The van der Waals surface area contributed by atoms with Gasteiger partial charge in [0.25, 0.3) is 5.91 Å². The maximum atomic E-state index is 12.8. The number of nitrogens with zero attached hydrogens (tertiary/aromatic N) is 1. The molecule has 6 heteroatoms. The van der Waals surface area contributed by atoms with E-state index in [-0.39, 0.29) is 18.4 Å². The summed E-state index contributed by atoms with van der Waals surface area (Å²) in [6.45, 7) is 0.334. The van der Waals surface area contributed by atoms with Crippen LogP contribution in [0.15, 0.2) is 30.3 Å². The van der Waals surface area contributed by atoms with E-state index in [1.54, 1.807) is 0 Å². The molecule has 2 fully saturated rings. The summed E-state index contributed by atoms with van der Waals surface area (Å²) in [6.07, 6.45) is 7.10. The summed E-state index contributed by atoms with van der Waals surface area (Å²) >= 11 is 0. The minimum atomic E-state index is -0.777. The first kappa shape index (κ1) is 18.4. The van der Waals surface area contributed by atoms with Crippen molar-refractivity contribution < 1.29 is 14.4 Å². The molecule has 2 N–H and O–H groups in total. The van der Waals surface area contributed by atoms with E-state index in [0.717, 1.165) is 43.4 Å². The second-order valence-corrected chi connectivity index (χ2v) is 7.26. The molecule has 26 heavy (non-hydrogen) atoms. The zero-order valence-electron chi connectivity index (χ0n) is 15.1. The molecule has 3 rings (SSSR count). The lowest BCUT2D eigenvalue weighted by atomic mass is 9.90. The molecule has 0 atom stereocenters. The lowest BCUT2D eigenvalue weighted by molar-refractivity contribution is -0.135. The predicted molar refractivity (Wildman–Crippen MR) is 98.5 cm³/mol. The predicted octanol–water partition coefficient (Wildman–Crippen LogP) is 2.38. The summed E-state index contributed by atoms with van der Waals surface area (Å²) in [7, 11) is 0. The Morgan fingerprint density at radius 2 is 1.77 bits per heavy atom. The molecule has 1 saturated carbocycles. The van der Waals surface area contributed by atoms with Crippen molar-refractivity contribution in [3.05, 3.63) is 35.9 Å². The normalized spacial score (nSPS) is 19.3. The Balaban J connectivity index is 1.46. The highest BCUT2D eigenvalue weighted by Crippen LogP contribution is 2.32. The number of hydrogen-bond donors (Lipinski definition) is 2. The van der Waals surface area contributed by atoms with Crippen molar-refractivity contribution in [2.24, 2.45) is 0 Å². The number of amides is 4. The Labute approximate surface area is 154 Å². The van der Waals surface area contributed by atoms with Crippen molar-refractivity contribution in [2.45, 2.75) is 56.9 Å². The number of carbonyl (C=O) groups excluding carboxylic acids is 3. The molecular formula is C20H27N3O3. The van der Waals surface area contributed by atoms with E-state index in [4.69, 9.17) is 0 Å². The van der Waals surface area contributed by atoms with Crippen LogP contribution in [0, 0.1) is 0 Å². The van der Waals surface area contributed by atoms with E-state index >= 15 is 0 Å². The van der Waals surface area contributed by atoms with E-state index in [1.165, 1.54) is 5.56 Å². The molecule has 1 heterocycles. The first-order valence-electron chi connectivity index (χ1n) is 9.55. The van der Waals surface area contributed by atoms with E-state index in [0.29, 0.717) is 19.4 Å². The highest BCUT2D eigenvalue weighted by molar-refractivity contribution is 6.09. The van der Waals surface area contributed by atoms with Crippen molar-refractivity contribution in [1.82, 2.24) is 15.5 Å². The molecule has 0 unspecified atom stereocenters. The molecule has 1 spiro atoms. The first-order chi connectivity index (χ1) is 12.6. The molecule has 0 aromatic heterocycles. The van der Waals surface area contributed by atoms with E-state index in [1.807, 2.05) is 18.2 Å². The fraction of sp³-hybridized carbons (Fsp3) is 0.550. The molecule has 1 aliphatic heterocycles. The molecule has 1 aliphatic carbocycles. The van der Waals surface area contributed by atoms with Gasteiger partial charge in [-0.3, -0.25) is 14.5 Å². The summed E-state index contributed by atoms with van der Waals surface area (Å²) in [5.41, 5.74) is 0.451. The molecule has 4 amide bonds. The van der Waals surface area contributed by atoms with Crippen molar-refractivity contribution in [3.8, 4) is 0 Å². The van der Waals surface area contributed by atoms with Gasteiger partial charge in [-0.25, -0.2) is 4.79 Å². The van der Waals surface area contributed by atoms with Gasteiger partial charge < -0.3 is 10.6 Å². The monoisotopic (exact) mass is 357 g/mol. The van der Waals surface area contributed by atoms with Crippen LogP contribution >= 0.6 is 0 Å². The van der Waals surface area contributed by atoms with Gasteiger partial charge in [0, 0.05) is 6.54 Å². The van der Waals surface area contributed by atoms with Crippen molar-refractivity contribution in [2.75, 3.05) is 13.1 Å². The van der Waals surface area contributed by atoms with Crippen molar-refractivity contribution >= 4 is 17.8 Å². The Morgan fingerprint density at radius 3 is 2.46 bits per heavy atom. The number of carbonyl (C=O) groups is 3. The number of imide groups is 1. The summed E-state index contributed by atoms with van der Waals surface area (Å²) in [4.78, 5) is 38.2. The zero-order valence-corrected chi connectivity index (χ0v) is 15.1. The van der Waals surface area contributed by atoms with Crippen LogP contribution in [0.25, 0.3) is 0 Å². The van der Waals surface area contributed by atoms with E-state index in [9.17, 15) is 14.4 Å². The Kier molecular flexibility index (Phi) is 5.91. The maximum Gasteiger partial charge on any atom is 0.325 e. The standard InChI is InChI=1S/C20H27N3O3/c24-17(21-14-8-11-16-9-4-3-5-10-16)15-23-18(25)20(22-19(23)26)12-6-1-2-7-13-20/h3-5,9-10H,1-2,6-8,11-15H2,(H,21,24)(H,22,26). The Bertz CT molecular complexity index is 652. The molecule has 0 radical (unpaired) electrons. The SMILES string of the molecule is O=C(CN1C(=O)NC2(CCCCCC2)C1=O)NCCCc1ccccc1. The van der Waals surface area contributed by atoms with Gasteiger partial charge in [0.15, 0.2) is 0 Å². The Morgan fingerprint density at radius 1 is 1.08 bits per heavy atom. The van der Waals surface area contributed by atoms with Gasteiger partial charge in [-0.05, 0) is 31.2 Å². The van der Waals surface area contributed by atoms with Gasteiger partial charge in [0.05, 0.1) is 0 Å². The fourth-order valence-electron chi connectivity index (χ4n) is 3.86. The molecule has 1 aromatic rings. The van der Waals surface area contributed by atoms with Crippen LogP contribution < -0.4 is 10.6 Å². The van der Waals surface area contributed by atoms with Gasteiger partial charge in [-0.2, -0.15) is 0 Å². The van der Waals surface area contributed by atoms with Crippen LogP contribution in [-0.2, 0) is 16.0 Å². The quantitative estimate of drug-likeness (QED) is 0.606. The molecule has 2 aliphatic rings. The highest BCUT2D eigenvalue weighted by Gasteiger charge is 2.50. The number of hydrogen-bond acceptors (Lipinski definition) is 3. The summed E-state index contributed by atoms with van der Waals surface area (Å²) in [5.74, 6) is -0.518. The van der Waals surface area contributed by atoms with Crippen molar-refractivity contribution in [1.29, 1.82) is 0 Å². The van der Waals surface area contributed by atoms with E-state index in [2.05, 4.69) is 22.8 Å². The molecular weight excluding hydrogens is 330 g/mol. The van der Waals surface area contributed by atoms with Crippen LogP contribution in [0.3, 0.4) is 0 Å². The Hall–Kier alpha value is -2.37. The summed E-state index contributed by atoms with van der Waals surface area (Å²) in [5, 5.41) is 5.67. The fourth-order valence-corrected chi connectivity index (χ4v) is 3.86. The van der Waals surface area contributed by atoms with Gasteiger partial charge in [0.2, 0.25) is 5.91 Å². The third-order valence-corrected chi connectivity index (χ3v) is 5.31. The second kappa shape index (κ2) is 8.34. The first-order valence-corrected chi connectivity index (χ1v) is 9.55. The largest absolute Gasteiger partial charge is 0.355 e. The minimum absolute atomic E-state index is 0.197. The van der Waals surface area contributed by atoms with Crippen LogP contribution in [-0.4, -0.2) is 41.4 Å². The number of benzene rings is 1. The second-order valence-electron chi connectivity index (χ2n) is 7.26. The topological polar surface area (TPSA) is 78.5 Å². The van der Waals surface area contributed by atoms with Gasteiger partial charge in [-0.1, -0.05) is 56.0 Å². The highest BCUT2D eigenvalue weighted by atomic mass is 16.2. The lowest BCUT2D eigenvalue weighted by Crippen LogP contribution is -2.47. The minimum Gasteiger partial charge on any atom is -0.355 e. The summed E-state index contributed by atoms with van der Waals surface area (Å²) in [6, 6.07) is 9.65. The molecule has 0 bridgehead atoms. The van der Waals surface area contributed by atoms with E-state index < -0.39 is 11.6 Å². The smallest absolute Gasteiger partial charge is 0.325 e. The number of nitrogens with one attached hydrogen (secondary N) is 2. The zero-order chi connectivity index (χ0) is 18.4. The molecule has 1 aromatic carbocycles. The number of urea groups is 1. The third kappa shape index (κ3) is 4.23. The molecule has 6 nitrogen and oxygen atoms in total. The average molecular weight is 357 g/mol. The molecule has 1 saturated heterocycles. The van der Waals surface area contributed by atoms with Gasteiger partial charge in [0.1, 0.15) is 12.1 Å².